The number of nitrogens with zero attached hydrogens (tertiary/aromatic N) is 1. The Morgan fingerprint density at radius 1 is 0.970 bits per heavy atom. The van der Waals surface area contributed by atoms with Crippen LogP contribution in [-0.2, 0) is 16.0 Å². The SMILES string of the molecule is Cc1cc(-c2nc(C(F)(F)F)[nH]c2-c2cc(F)c(S(C)(=O)=O)cc2F)ccc1OC(F)(F)F. The van der Waals surface area contributed by atoms with E-state index in [9.17, 15) is 43.5 Å². The number of alkyl halides is 6. The fourth-order valence-electron chi connectivity index (χ4n) is 2.95. The zero-order valence-corrected chi connectivity index (χ0v) is 17.3. The first-order chi connectivity index (χ1) is 15.0. The highest BCUT2D eigenvalue weighted by Crippen LogP contribution is 2.39. The zero-order valence-electron chi connectivity index (χ0n) is 16.5. The Hall–Kier alpha value is -3.16. The highest BCUT2D eigenvalue weighted by Gasteiger charge is 2.37. The van der Waals surface area contributed by atoms with Crippen molar-refractivity contribution >= 4 is 9.84 Å². The number of rotatable bonds is 4. The molecule has 0 bridgehead atoms. The molecule has 0 spiro atoms. The number of benzene rings is 2. The van der Waals surface area contributed by atoms with Crippen LogP contribution in [0.4, 0.5) is 35.1 Å². The predicted octanol–water partition coefficient (Wildman–Crippen LogP) is 5.65. The number of H-pyrrole nitrogens is 1. The van der Waals surface area contributed by atoms with Gasteiger partial charge in [0.2, 0.25) is 5.82 Å². The van der Waals surface area contributed by atoms with Crippen LogP contribution in [0.1, 0.15) is 11.4 Å². The molecule has 178 valence electrons. The molecule has 1 N–H and O–H groups in total. The molecule has 0 fully saturated rings. The quantitative estimate of drug-likeness (QED) is 0.470. The normalized spacial score (nSPS) is 12.8. The number of imidazole rings is 1. The number of nitrogens with one attached hydrogen (secondary N) is 1. The number of hydrogen-bond donors (Lipinski definition) is 1. The van der Waals surface area contributed by atoms with Crippen LogP contribution in [-0.4, -0.2) is 31.0 Å². The molecule has 3 rings (SSSR count). The maximum Gasteiger partial charge on any atom is 0.573 e. The van der Waals surface area contributed by atoms with Crippen LogP contribution >= 0.6 is 0 Å². The third kappa shape index (κ3) is 5.26. The number of halogens is 8. The lowest BCUT2D eigenvalue weighted by molar-refractivity contribution is -0.274. The summed E-state index contributed by atoms with van der Waals surface area (Å²) in [5.74, 6) is -5.01. The smallest absolute Gasteiger partial charge is 0.406 e. The van der Waals surface area contributed by atoms with Gasteiger partial charge < -0.3 is 9.72 Å². The topological polar surface area (TPSA) is 72.0 Å². The number of aryl methyl sites for hydroxylation is 1. The van der Waals surface area contributed by atoms with Gasteiger partial charge in [0, 0.05) is 17.4 Å². The molecule has 0 saturated carbocycles. The van der Waals surface area contributed by atoms with Gasteiger partial charge in [-0.2, -0.15) is 13.2 Å². The third-order valence-corrected chi connectivity index (χ3v) is 5.45. The third-order valence-electron chi connectivity index (χ3n) is 4.34. The molecular formula is C19H12F8N2O3S. The van der Waals surface area contributed by atoms with Gasteiger partial charge >= 0.3 is 12.5 Å². The Morgan fingerprint density at radius 2 is 1.61 bits per heavy atom. The molecule has 2 aromatic carbocycles. The van der Waals surface area contributed by atoms with E-state index < -0.39 is 67.4 Å². The molecule has 0 aliphatic carbocycles. The van der Waals surface area contributed by atoms with Crippen molar-refractivity contribution in [3.05, 3.63) is 53.4 Å². The summed E-state index contributed by atoms with van der Waals surface area (Å²) >= 11 is 0. The van der Waals surface area contributed by atoms with E-state index in [1.165, 1.54) is 6.92 Å². The van der Waals surface area contributed by atoms with E-state index in [1.807, 2.05) is 4.98 Å². The highest BCUT2D eigenvalue weighted by atomic mass is 32.2. The molecule has 0 aliphatic rings. The minimum atomic E-state index is -5.04. The first-order valence-corrected chi connectivity index (χ1v) is 10.6. The molecule has 33 heavy (non-hydrogen) atoms. The van der Waals surface area contributed by atoms with Gasteiger partial charge in [-0.1, -0.05) is 0 Å². The fraction of sp³-hybridized carbons (Fsp3) is 0.211. The second-order valence-electron chi connectivity index (χ2n) is 6.87. The Labute approximate surface area is 180 Å². The van der Waals surface area contributed by atoms with E-state index >= 15 is 0 Å². The van der Waals surface area contributed by atoms with Crippen molar-refractivity contribution in [1.29, 1.82) is 0 Å². The van der Waals surface area contributed by atoms with Crippen molar-refractivity contribution in [2.45, 2.75) is 24.4 Å². The summed E-state index contributed by atoms with van der Waals surface area (Å²) in [6.45, 7) is 1.18. The summed E-state index contributed by atoms with van der Waals surface area (Å²) in [4.78, 5) is 4.19. The van der Waals surface area contributed by atoms with Crippen LogP contribution < -0.4 is 4.74 Å². The molecule has 0 amide bonds. The molecular weight excluding hydrogens is 488 g/mol. The summed E-state index contributed by atoms with van der Waals surface area (Å²) in [5, 5.41) is 0. The first kappa shape index (κ1) is 24.5. The summed E-state index contributed by atoms with van der Waals surface area (Å²) in [5.41, 5.74) is -2.30. The summed E-state index contributed by atoms with van der Waals surface area (Å²) in [7, 11) is -4.19. The molecule has 0 radical (unpaired) electrons. The average molecular weight is 500 g/mol. The van der Waals surface area contributed by atoms with Crippen LogP contribution in [0.25, 0.3) is 22.5 Å². The molecule has 1 aromatic heterocycles. The number of aromatic nitrogens is 2. The molecule has 5 nitrogen and oxygen atoms in total. The molecule has 0 aliphatic heterocycles. The molecule has 0 unspecified atom stereocenters. The molecule has 0 saturated heterocycles. The van der Waals surface area contributed by atoms with Gasteiger partial charge in [-0.3, -0.25) is 0 Å². The van der Waals surface area contributed by atoms with E-state index in [0.29, 0.717) is 18.4 Å². The standard InChI is InChI=1S/C19H12F8N2O3S/c1-8-5-9(3-4-13(8)32-19(25,26)27)15-16(29-17(28-15)18(22,23)24)10-6-12(21)14(7-11(10)20)33(2,30)31/h3-7H,1-2H3,(H,28,29). The van der Waals surface area contributed by atoms with Crippen LogP contribution in [0.5, 0.6) is 5.75 Å². The van der Waals surface area contributed by atoms with Gasteiger partial charge in [-0.05, 0) is 42.8 Å². The van der Waals surface area contributed by atoms with Crippen LogP contribution in [0.15, 0.2) is 35.2 Å². The maximum absolute atomic E-state index is 14.7. The minimum absolute atomic E-state index is 0.133. The van der Waals surface area contributed by atoms with Gasteiger partial charge in [-0.25, -0.2) is 22.2 Å². The summed E-state index contributed by atoms with van der Waals surface area (Å²) in [6.07, 6.45) is -9.44. The van der Waals surface area contributed by atoms with Gasteiger partial charge in [0.1, 0.15) is 22.3 Å². The maximum atomic E-state index is 14.7. The zero-order chi connectivity index (χ0) is 24.9. The Balaban J connectivity index is 2.23. The second kappa shape index (κ2) is 8.01. The van der Waals surface area contributed by atoms with Gasteiger partial charge in [0.25, 0.3) is 0 Å². The van der Waals surface area contributed by atoms with Gasteiger partial charge in [-0.15, -0.1) is 13.2 Å². The lowest BCUT2D eigenvalue weighted by atomic mass is 10.0. The summed E-state index contributed by atoms with van der Waals surface area (Å²) in [6, 6.07) is 3.49. The monoisotopic (exact) mass is 500 g/mol. The van der Waals surface area contributed by atoms with E-state index in [4.69, 9.17) is 0 Å². The average Bonchev–Trinajstić information content (AvgIpc) is 3.08. The molecule has 0 atom stereocenters. The van der Waals surface area contributed by atoms with E-state index in [-0.39, 0.29) is 11.1 Å². The van der Waals surface area contributed by atoms with Crippen molar-refractivity contribution in [2.24, 2.45) is 0 Å². The molecule has 1 heterocycles. The number of aromatic amines is 1. The number of ether oxygens (including phenoxy) is 1. The highest BCUT2D eigenvalue weighted by molar-refractivity contribution is 7.90. The lowest BCUT2D eigenvalue weighted by Gasteiger charge is -2.12. The van der Waals surface area contributed by atoms with Gasteiger partial charge in [0.15, 0.2) is 9.84 Å². The van der Waals surface area contributed by atoms with E-state index in [0.717, 1.165) is 18.2 Å². The minimum Gasteiger partial charge on any atom is -0.406 e. The van der Waals surface area contributed by atoms with Crippen molar-refractivity contribution in [1.82, 2.24) is 9.97 Å². The molecule has 3 aromatic rings. The second-order valence-corrected chi connectivity index (χ2v) is 8.85. The largest absolute Gasteiger partial charge is 0.573 e. The van der Waals surface area contributed by atoms with Crippen molar-refractivity contribution in [3.8, 4) is 28.3 Å². The van der Waals surface area contributed by atoms with Crippen molar-refractivity contribution in [2.75, 3.05) is 6.26 Å². The van der Waals surface area contributed by atoms with Crippen molar-refractivity contribution < 1.29 is 48.3 Å². The molecule has 14 heteroatoms. The lowest BCUT2D eigenvalue weighted by Crippen LogP contribution is -2.17. The Morgan fingerprint density at radius 3 is 2.12 bits per heavy atom. The first-order valence-electron chi connectivity index (χ1n) is 8.71. The Bertz CT molecular complexity index is 1330. The number of hydrogen-bond acceptors (Lipinski definition) is 4. The van der Waals surface area contributed by atoms with Crippen LogP contribution in [0, 0.1) is 18.6 Å². The summed E-state index contributed by atoms with van der Waals surface area (Å²) < 4.78 is 133. The van der Waals surface area contributed by atoms with E-state index in [2.05, 4.69) is 9.72 Å². The fourth-order valence-corrected chi connectivity index (χ4v) is 3.68. The van der Waals surface area contributed by atoms with Crippen LogP contribution in [0.2, 0.25) is 0 Å². The van der Waals surface area contributed by atoms with Crippen molar-refractivity contribution in [3.63, 3.8) is 0 Å². The Kier molecular flexibility index (Phi) is 5.94. The predicted molar refractivity (Wildman–Crippen MR) is 98.9 cm³/mol. The van der Waals surface area contributed by atoms with Gasteiger partial charge in [0.05, 0.1) is 11.4 Å². The van der Waals surface area contributed by atoms with E-state index in [1.54, 1.807) is 0 Å². The number of sulfone groups is 1. The van der Waals surface area contributed by atoms with Crippen LogP contribution in [0.3, 0.4) is 0 Å².